The molecular formula is C15H23N3. The van der Waals surface area contributed by atoms with Crippen molar-refractivity contribution in [1.82, 2.24) is 5.32 Å². The largest absolute Gasteiger partial charge is 0.371 e. The molecule has 3 nitrogen and oxygen atoms in total. The molecule has 18 heavy (non-hydrogen) atoms. The van der Waals surface area contributed by atoms with Crippen LogP contribution in [0.4, 0.5) is 11.4 Å². The average molecular weight is 245 g/mol. The number of hydrogen-bond acceptors (Lipinski definition) is 3. The van der Waals surface area contributed by atoms with E-state index < -0.39 is 0 Å². The second-order valence-corrected chi connectivity index (χ2v) is 5.62. The van der Waals surface area contributed by atoms with E-state index in [1.165, 1.54) is 29.8 Å². The van der Waals surface area contributed by atoms with Crippen molar-refractivity contribution in [3.63, 3.8) is 0 Å². The van der Waals surface area contributed by atoms with Crippen LogP contribution >= 0.6 is 0 Å². The Morgan fingerprint density at radius 3 is 2.39 bits per heavy atom. The van der Waals surface area contributed by atoms with Gasteiger partial charge in [-0.15, -0.1) is 0 Å². The highest BCUT2D eigenvalue weighted by atomic mass is 15.2. The van der Waals surface area contributed by atoms with Gasteiger partial charge in [0.1, 0.15) is 0 Å². The number of nitrogens with one attached hydrogen (secondary N) is 1. The number of anilines is 2. The summed E-state index contributed by atoms with van der Waals surface area (Å²) < 4.78 is 0. The second kappa shape index (κ2) is 4.81. The Hall–Kier alpha value is -1.22. The maximum absolute atomic E-state index is 3.44. The van der Waals surface area contributed by atoms with E-state index in [2.05, 4.69) is 47.4 Å². The molecule has 1 fully saturated rings. The first-order valence-corrected chi connectivity index (χ1v) is 7.02. The van der Waals surface area contributed by atoms with Gasteiger partial charge in [0.05, 0.1) is 11.4 Å². The van der Waals surface area contributed by atoms with Crippen LogP contribution < -0.4 is 15.1 Å². The van der Waals surface area contributed by atoms with E-state index in [-0.39, 0.29) is 0 Å². The van der Waals surface area contributed by atoms with Gasteiger partial charge in [-0.05, 0) is 49.5 Å². The molecule has 1 saturated heterocycles. The van der Waals surface area contributed by atoms with Crippen molar-refractivity contribution in [3.8, 4) is 0 Å². The summed E-state index contributed by atoms with van der Waals surface area (Å²) in [7, 11) is 4.40. The molecule has 1 aromatic carbocycles. The molecule has 0 unspecified atom stereocenters. The Labute approximate surface area is 110 Å². The molecule has 3 heteroatoms. The molecule has 1 aromatic rings. The quantitative estimate of drug-likeness (QED) is 0.817. The molecule has 98 valence electrons. The Morgan fingerprint density at radius 2 is 1.67 bits per heavy atom. The summed E-state index contributed by atoms with van der Waals surface area (Å²) in [5.74, 6) is 0.747. The van der Waals surface area contributed by atoms with Crippen molar-refractivity contribution < 1.29 is 0 Å². The Bertz CT molecular complexity index is 424. The van der Waals surface area contributed by atoms with Crippen LogP contribution in [0.5, 0.6) is 0 Å². The van der Waals surface area contributed by atoms with Gasteiger partial charge >= 0.3 is 0 Å². The van der Waals surface area contributed by atoms with Crippen molar-refractivity contribution in [2.24, 2.45) is 0 Å². The molecular weight excluding hydrogens is 222 g/mol. The van der Waals surface area contributed by atoms with Crippen molar-refractivity contribution >= 4 is 11.4 Å². The van der Waals surface area contributed by atoms with Crippen LogP contribution in [0.15, 0.2) is 18.2 Å². The number of rotatable bonds is 1. The first kappa shape index (κ1) is 11.8. The van der Waals surface area contributed by atoms with Crippen molar-refractivity contribution in [1.29, 1.82) is 0 Å². The zero-order valence-electron chi connectivity index (χ0n) is 11.4. The van der Waals surface area contributed by atoms with Crippen molar-refractivity contribution in [3.05, 3.63) is 23.8 Å². The van der Waals surface area contributed by atoms with Crippen LogP contribution in [-0.2, 0) is 0 Å². The second-order valence-electron chi connectivity index (χ2n) is 5.62. The van der Waals surface area contributed by atoms with Gasteiger partial charge in [0.25, 0.3) is 0 Å². The first-order valence-electron chi connectivity index (χ1n) is 7.02. The SMILES string of the molecule is CN1CCN(C)c2cc(C3CCNCC3)ccc21. The highest BCUT2D eigenvalue weighted by Crippen LogP contribution is 2.36. The lowest BCUT2D eigenvalue weighted by Gasteiger charge is -2.35. The molecule has 0 atom stereocenters. The summed E-state index contributed by atoms with van der Waals surface area (Å²) in [4.78, 5) is 4.75. The molecule has 3 rings (SSSR count). The summed E-state index contributed by atoms with van der Waals surface area (Å²) in [6.07, 6.45) is 2.55. The maximum atomic E-state index is 3.44. The fourth-order valence-electron chi connectivity index (χ4n) is 3.12. The van der Waals surface area contributed by atoms with Gasteiger partial charge in [-0.2, -0.15) is 0 Å². The Morgan fingerprint density at radius 1 is 1.00 bits per heavy atom. The zero-order valence-corrected chi connectivity index (χ0v) is 11.4. The van der Waals surface area contributed by atoms with E-state index >= 15 is 0 Å². The lowest BCUT2D eigenvalue weighted by Crippen LogP contribution is -2.37. The van der Waals surface area contributed by atoms with Crippen LogP contribution in [0.3, 0.4) is 0 Å². The van der Waals surface area contributed by atoms with Gasteiger partial charge in [0, 0.05) is 27.2 Å². The standard InChI is InChI=1S/C15H23N3/c1-17-9-10-18(2)15-11-13(3-4-14(15)17)12-5-7-16-8-6-12/h3-4,11-12,16H,5-10H2,1-2H3. The summed E-state index contributed by atoms with van der Waals surface area (Å²) in [5.41, 5.74) is 4.30. The summed E-state index contributed by atoms with van der Waals surface area (Å²) in [6.45, 7) is 4.57. The number of fused-ring (bicyclic) bond motifs is 1. The van der Waals surface area contributed by atoms with Crippen LogP contribution in [0.2, 0.25) is 0 Å². The molecule has 2 aliphatic heterocycles. The third kappa shape index (κ3) is 2.07. The Balaban J connectivity index is 1.91. The van der Waals surface area contributed by atoms with E-state index in [9.17, 15) is 0 Å². The van der Waals surface area contributed by atoms with Gasteiger partial charge in [-0.25, -0.2) is 0 Å². The molecule has 0 aliphatic carbocycles. The molecule has 0 radical (unpaired) electrons. The molecule has 1 N–H and O–H groups in total. The predicted molar refractivity (Wildman–Crippen MR) is 77.8 cm³/mol. The van der Waals surface area contributed by atoms with Crippen molar-refractivity contribution in [2.75, 3.05) is 50.1 Å². The fraction of sp³-hybridized carbons (Fsp3) is 0.600. The number of piperidine rings is 1. The highest BCUT2D eigenvalue weighted by molar-refractivity contribution is 5.73. The lowest BCUT2D eigenvalue weighted by atomic mass is 9.89. The molecule has 0 bridgehead atoms. The van der Waals surface area contributed by atoms with Gasteiger partial charge in [0.2, 0.25) is 0 Å². The van der Waals surface area contributed by atoms with Gasteiger partial charge in [-0.1, -0.05) is 6.07 Å². The van der Waals surface area contributed by atoms with E-state index in [1.807, 2.05) is 0 Å². The minimum absolute atomic E-state index is 0.747. The van der Waals surface area contributed by atoms with E-state index in [1.54, 1.807) is 0 Å². The van der Waals surface area contributed by atoms with Crippen LogP contribution in [0, 0.1) is 0 Å². The molecule has 2 aliphatic rings. The average Bonchev–Trinajstić information content (AvgIpc) is 2.44. The third-order valence-electron chi connectivity index (χ3n) is 4.40. The normalized spacial score (nSPS) is 21.0. The van der Waals surface area contributed by atoms with Crippen LogP contribution in [0.25, 0.3) is 0 Å². The van der Waals surface area contributed by atoms with Gasteiger partial charge in [-0.3, -0.25) is 0 Å². The minimum Gasteiger partial charge on any atom is -0.371 e. The summed E-state index contributed by atoms with van der Waals surface area (Å²) >= 11 is 0. The predicted octanol–water partition coefficient (Wildman–Crippen LogP) is 2.04. The Kier molecular flexibility index (Phi) is 3.16. The lowest BCUT2D eigenvalue weighted by molar-refractivity contribution is 0.460. The molecule has 0 spiro atoms. The maximum Gasteiger partial charge on any atom is 0.0604 e. The van der Waals surface area contributed by atoms with Crippen LogP contribution in [-0.4, -0.2) is 40.3 Å². The van der Waals surface area contributed by atoms with E-state index in [0.717, 1.165) is 32.1 Å². The molecule has 0 amide bonds. The number of likely N-dealkylation sites (N-methyl/N-ethyl adjacent to an activating group) is 2. The molecule has 2 heterocycles. The van der Waals surface area contributed by atoms with Crippen molar-refractivity contribution in [2.45, 2.75) is 18.8 Å². The van der Waals surface area contributed by atoms with Crippen LogP contribution in [0.1, 0.15) is 24.3 Å². The zero-order chi connectivity index (χ0) is 12.5. The fourth-order valence-corrected chi connectivity index (χ4v) is 3.12. The molecule has 0 aromatic heterocycles. The minimum atomic E-state index is 0.747. The number of benzene rings is 1. The first-order chi connectivity index (χ1) is 8.75. The number of hydrogen-bond donors (Lipinski definition) is 1. The van der Waals surface area contributed by atoms with E-state index in [4.69, 9.17) is 0 Å². The third-order valence-corrected chi connectivity index (χ3v) is 4.40. The molecule has 0 saturated carbocycles. The van der Waals surface area contributed by atoms with Gasteiger partial charge < -0.3 is 15.1 Å². The van der Waals surface area contributed by atoms with E-state index in [0.29, 0.717) is 0 Å². The topological polar surface area (TPSA) is 18.5 Å². The smallest absolute Gasteiger partial charge is 0.0604 e. The summed E-state index contributed by atoms with van der Waals surface area (Å²) in [5, 5.41) is 3.44. The van der Waals surface area contributed by atoms with Gasteiger partial charge in [0.15, 0.2) is 0 Å². The monoisotopic (exact) mass is 245 g/mol. The summed E-state index contributed by atoms with van der Waals surface area (Å²) in [6, 6.07) is 7.06. The highest BCUT2D eigenvalue weighted by Gasteiger charge is 2.21. The number of nitrogens with zero attached hydrogens (tertiary/aromatic N) is 2.